The number of carboxylic acids is 1. The molecule has 1 heterocycles. The molecule has 1 unspecified atom stereocenters. The van der Waals surface area contributed by atoms with E-state index in [1.807, 2.05) is 79.2 Å². The number of carbonyl (C=O) groups is 1. The van der Waals surface area contributed by atoms with Gasteiger partial charge in [-0.2, -0.15) is 5.10 Å². The predicted molar refractivity (Wildman–Crippen MR) is 93.6 cm³/mol. The second kappa shape index (κ2) is 6.71. The molecule has 0 saturated carbocycles. The molecule has 3 aromatic rings. The summed E-state index contributed by atoms with van der Waals surface area (Å²) >= 11 is 0. The molecule has 3 rings (SSSR count). The minimum absolute atomic E-state index is 0.0478. The predicted octanol–water partition coefficient (Wildman–Crippen LogP) is 4.10. The molecule has 4 nitrogen and oxygen atoms in total. The fourth-order valence-corrected chi connectivity index (χ4v) is 3.23. The molecule has 24 heavy (non-hydrogen) atoms. The number of carboxylic acid groups (broad SMARTS) is 1. The lowest BCUT2D eigenvalue weighted by atomic mass is 9.87. The van der Waals surface area contributed by atoms with Crippen molar-refractivity contribution in [3.63, 3.8) is 0 Å². The van der Waals surface area contributed by atoms with Gasteiger partial charge in [-0.05, 0) is 31.5 Å². The molecule has 0 amide bonds. The molecule has 0 aliphatic carbocycles. The van der Waals surface area contributed by atoms with Crippen LogP contribution in [0.15, 0.2) is 60.7 Å². The fourth-order valence-electron chi connectivity index (χ4n) is 3.23. The Hall–Kier alpha value is -2.88. The first-order chi connectivity index (χ1) is 11.6. The van der Waals surface area contributed by atoms with Gasteiger partial charge in [0.1, 0.15) is 0 Å². The van der Waals surface area contributed by atoms with Crippen molar-refractivity contribution in [2.75, 3.05) is 0 Å². The average Bonchev–Trinajstić information content (AvgIpc) is 2.89. The highest BCUT2D eigenvalue weighted by atomic mass is 16.4. The van der Waals surface area contributed by atoms with Crippen molar-refractivity contribution in [2.45, 2.75) is 26.2 Å². The quantitative estimate of drug-likeness (QED) is 0.770. The molecule has 0 spiro atoms. The zero-order valence-corrected chi connectivity index (χ0v) is 13.8. The van der Waals surface area contributed by atoms with Crippen molar-refractivity contribution < 1.29 is 9.90 Å². The van der Waals surface area contributed by atoms with E-state index in [0.717, 1.165) is 28.2 Å². The summed E-state index contributed by atoms with van der Waals surface area (Å²) in [5, 5.41) is 14.0. The highest BCUT2D eigenvalue weighted by Gasteiger charge is 2.25. The smallest absolute Gasteiger partial charge is 0.304 e. The van der Waals surface area contributed by atoms with Crippen LogP contribution in [0.1, 0.15) is 34.9 Å². The van der Waals surface area contributed by atoms with Crippen LogP contribution >= 0.6 is 0 Å². The van der Waals surface area contributed by atoms with Gasteiger partial charge < -0.3 is 5.11 Å². The lowest BCUT2D eigenvalue weighted by Gasteiger charge is -2.16. The summed E-state index contributed by atoms with van der Waals surface area (Å²) in [4.78, 5) is 11.4. The largest absolute Gasteiger partial charge is 0.481 e. The molecule has 4 heteroatoms. The van der Waals surface area contributed by atoms with Gasteiger partial charge in [0.25, 0.3) is 0 Å². The van der Waals surface area contributed by atoms with Gasteiger partial charge in [-0.15, -0.1) is 0 Å². The van der Waals surface area contributed by atoms with E-state index in [0.29, 0.717) is 0 Å². The molecular formula is C20H20N2O2. The maximum Gasteiger partial charge on any atom is 0.304 e. The third kappa shape index (κ3) is 3.08. The Morgan fingerprint density at radius 1 is 1.04 bits per heavy atom. The Bertz CT molecular complexity index is 839. The van der Waals surface area contributed by atoms with Crippen LogP contribution in [0.2, 0.25) is 0 Å². The second-order valence-corrected chi connectivity index (χ2v) is 5.89. The van der Waals surface area contributed by atoms with Gasteiger partial charge in [0, 0.05) is 17.2 Å². The van der Waals surface area contributed by atoms with Crippen molar-refractivity contribution in [1.29, 1.82) is 0 Å². The Labute approximate surface area is 141 Å². The van der Waals surface area contributed by atoms with E-state index in [4.69, 9.17) is 0 Å². The van der Waals surface area contributed by atoms with Crippen molar-refractivity contribution in [2.24, 2.45) is 0 Å². The maximum absolute atomic E-state index is 11.4. The number of hydrogen-bond acceptors (Lipinski definition) is 2. The molecule has 0 saturated heterocycles. The van der Waals surface area contributed by atoms with E-state index in [1.165, 1.54) is 0 Å². The Kier molecular flexibility index (Phi) is 4.47. The van der Waals surface area contributed by atoms with E-state index >= 15 is 0 Å². The zero-order valence-electron chi connectivity index (χ0n) is 13.8. The van der Waals surface area contributed by atoms with Crippen molar-refractivity contribution >= 4 is 5.97 Å². The summed E-state index contributed by atoms with van der Waals surface area (Å²) in [5.41, 5.74) is 4.82. The Morgan fingerprint density at radius 3 is 2.21 bits per heavy atom. The van der Waals surface area contributed by atoms with Crippen molar-refractivity contribution in [3.8, 4) is 5.69 Å². The number of aryl methyl sites for hydroxylation is 1. The SMILES string of the molecule is Cc1nn(-c2ccccc2)c(C)c1C(CC(=O)O)c1ccccc1. The first kappa shape index (κ1) is 16.0. The number of benzene rings is 2. The zero-order chi connectivity index (χ0) is 17.1. The molecular weight excluding hydrogens is 300 g/mol. The molecule has 0 bridgehead atoms. The summed E-state index contributed by atoms with van der Waals surface area (Å²) in [5.74, 6) is -1.02. The minimum atomic E-state index is -0.810. The first-order valence-corrected chi connectivity index (χ1v) is 7.96. The van der Waals surface area contributed by atoms with Gasteiger partial charge in [0.15, 0.2) is 0 Å². The summed E-state index contributed by atoms with van der Waals surface area (Å²) < 4.78 is 1.89. The van der Waals surface area contributed by atoms with Crippen LogP contribution in [0, 0.1) is 13.8 Å². The number of nitrogens with zero attached hydrogens (tertiary/aromatic N) is 2. The summed E-state index contributed by atoms with van der Waals surface area (Å²) in [7, 11) is 0. The van der Waals surface area contributed by atoms with Crippen molar-refractivity contribution in [3.05, 3.63) is 83.2 Å². The van der Waals surface area contributed by atoms with Crippen LogP contribution < -0.4 is 0 Å². The van der Waals surface area contributed by atoms with Crippen LogP contribution in [-0.4, -0.2) is 20.9 Å². The number of aliphatic carboxylic acids is 1. The van der Waals surface area contributed by atoms with Crippen molar-refractivity contribution in [1.82, 2.24) is 9.78 Å². The van der Waals surface area contributed by atoms with Gasteiger partial charge >= 0.3 is 5.97 Å². The van der Waals surface area contributed by atoms with Gasteiger partial charge in [0.2, 0.25) is 0 Å². The number of hydrogen-bond donors (Lipinski definition) is 1. The molecule has 2 aromatic carbocycles. The normalized spacial score (nSPS) is 12.1. The number of para-hydroxylation sites is 1. The second-order valence-electron chi connectivity index (χ2n) is 5.89. The summed E-state index contributed by atoms with van der Waals surface area (Å²) in [6.45, 7) is 3.94. The fraction of sp³-hybridized carbons (Fsp3) is 0.200. The number of aromatic nitrogens is 2. The van der Waals surface area contributed by atoms with Crippen LogP contribution in [-0.2, 0) is 4.79 Å². The van der Waals surface area contributed by atoms with Gasteiger partial charge in [-0.1, -0.05) is 48.5 Å². The molecule has 0 fully saturated rings. The maximum atomic E-state index is 11.4. The topological polar surface area (TPSA) is 55.1 Å². The minimum Gasteiger partial charge on any atom is -0.481 e. The first-order valence-electron chi connectivity index (χ1n) is 7.96. The molecule has 0 aliphatic rings. The Morgan fingerprint density at radius 2 is 1.62 bits per heavy atom. The molecule has 1 aromatic heterocycles. The highest BCUT2D eigenvalue weighted by molar-refractivity contribution is 5.69. The monoisotopic (exact) mass is 320 g/mol. The lowest BCUT2D eigenvalue weighted by Crippen LogP contribution is -2.10. The standard InChI is InChI=1S/C20H20N2O2/c1-14-20(15(2)22(21-14)17-11-7-4-8-12-17)18(13-19(23)24)16-9-5-3-6-10-16/h3-12,18H,13H2,1-2H3,(H,23,24). The van der Waals surface area contributed by atoms with Crippen LogP contribution in [0.3, 0.4) is 0 Å². The van der Waals surface area contributed by atoms with Gasteiger partial charge in [0.05, 0.1) is 17.8 Å². The van der Waals surface area contributed by atoms with E-state index in [9.17, 15) is 9.90 Å². The molecule has 1 atom stereocenters. The molecule has 0 aliphatic heterocycles. The van der Waals surface area contributed by atoms with Crippen LogP contribution in [0.4, 0.5) is 0 Å². The molecule has 0 radical (unpaired) electrons. The van der Waals surface area contributed by atoms with E-state index < -0.39 is 5.97 Å². The van der Waals surface area contributed by atoms with E-state index in [2.05, 4.69) is 5.10 Å². The van der Waals surface area contributed by atoms with E-state index in [-0.39, 0.29) is 12.3 Å². The third-order valence-electron chi connectivity index (χ3n) is 4.28. The molecule has 122 valence electrons. The van der Waals surface area contributed by atoms with E-state index in [1.54, 1.807) is 0 Å². The van der Waals surface area contributed by atoms with Gasteiger partial charge in [-0.25, -0.2) is 4.68 Å². The summed E-state index contributed by atoms with van der Waals surface area (Å²) in [6.07, 6.45) is 0.0478. The average molecular weight is 320 g/mol. The lowest BCUT2D eigenvalue weighted by molar-refractivity contribution is -0.137. The molecule has 1 N–H and O–H groups in total. The third-order valence-corrected chi connectivity index (χ3v) is 4.28. The highest BCUT2D eigenvalue weighted by Crippen LogP contribution is 2.33. The van der Waals surface area contributed by atoms with Crippen LogP contribution in [0.25, 0.3) is 5.69 Å². The van der Waals surface area contributed by atoms with Crippen LogP contribution in [0.5, 0.6) is 0 Å². The Balaban J connectivity index is 2.12. The summed E-state index contributed by atoms with van der Waals surface area (Å²) in [6, 6.07) is 19.7. The number of rotatable bonds is 5. The van der Waals surface area contributed by atoms with Gasteiger partial charge in [-0.3, -0.25) is 4.79 Å².